The highest BCUT2D eigenvalue weighted by Crippen LogP contribution is 2.31. The van der Waals surface area contributed by atoms with E-state index in [0.29, 0.717) is 16.4 Å². The zero-order valence-corrected chi connectivity index (χ0v) is 13.6. The molecule has 1 aliphatic carbocycles. The second-order valence-electron chi connectivity index (χ2n) is 5.82. The number of benzene rings is 1. The van der Waals surface area contributed by atoms with Crippen LogP contribution in [0.1, 0.15) is 24.1 Å². The van der Waals surface area contributed by atoms with Gasteiger partial charge in [-0.1, -0.05) is 17.7 Å². The first-order valence-electron chi connectivity index (χ1n) is 7.48. The van der Waals surface area contributed by atoms with Crippen LogP contribution >= 0.6 is 11.6 Å². The molecule has 0 aliphatic heterocycles. The lowest BCUT2D eigenvalue weighted by Gasteiger charge is -2.23. The predicted octanol–water partition coefficient (Wildman–Crippen LogP) is 2.76. The van der Waals surface area contributed by atoms with Crippen molar-refractivity contribution in [3.05, 3.63) is 46.4 Å². The normalized spacial score (nSPS) is 14.0. The second-order valence-corrected chi connectivity index (χ2v) is 6.23. The van der Waals surface area contributed by atoms with Gasteiger partial charge in [0.1, 0.15) is 18.2 Å². The molecule has 1 saturated carbocycles. The fourth-order valence-electron chi connectivity index (χ4n) is 2.57. The van der Waals surface area contributed by atoms with Gasteiger partial charge in [0, 0.05) is 22.7 Å². The van der Waals surface area contributed by atoms with Gasteiger partial charge >= 0.3 is 0 Å². The Labute approximate surface area is 138 Å². The van der Waals surface area contributed by atoms with E-state index in [-0.39, 0.29) is 25.0 Å². The number of nitrogen functional groups attached to an aromatic ring is 1. The molecule has 0 radical (unpaired) electrons. The molecule has 0 unspecified atom stereocenters. The Morgan fingerprint density at radius 3 is 2.83 bits per heavy atom. The highest BCUT2D eigenvalue weighted by Gasteiger charge is 2.33. The molecule has 1 aliphatic rings. The minimum atomic E-state index is -0.398. The maximum atomic E-state index is 14.0. The van der Waals surface area contributed by atoms with Gasteiger partial charge in [0.15, 0.2) is 0 Å². The molecule has 1 aromatic heterocycles. The molecule has 122 valence electrons. The minimum absolute atomic E-state index is 0.0439. The number of aryl methyl sites for hydroxylation is 1. The second kappa shape index (κ2) is 6.20. The fourth-order valence-corrected chi connectivity index (χ4v) is 2.79. The van der Waals surface area contributed by atoms with Crippen LogP contribution in [0.15, 0.2) is 24.3 Å². The number of nitrogens with two attached hydrogens (primary N) is 1. The van der Waals surface area contributed by atoms with Crippen molar-refractivity contribution >= 4 is 23.3 Å². The van der Waals surface area contributed by atoms with E-state index in [2.05, 4.69) is 5.10 Å². The quantitative estimate of drug-likeness (QED) is 0.913. The van der Waals surface area contributed by atoms with Crippen molar-refractivity contribution in [3.8, 4) is 0 Å². The van der Waals surface area contributed by atoms with Crippen LogP contribution in [0.5, 0.6) is 0 Å². The first-order valence-corrected chi connectivity index (χ1v) is 7.86. The van der Waals surface area contributed by atoms with Crippen LogP contribution in [-0.2, 0) is 17.9 Å². The third-order valence-corrected chi connectivity index (χ3v) is 4.27. The van der Waals surface area contributed by atoms with Gasteiger partial charge in [-0.05, 0) is 31.9 Å². The first-order chi connectivity index (χ1) is 11.0. The topological polar surface area (TPSA) is 64.2 Å². The van der Waals surface area contributed by atoms with Crippen molar-refractivity contribution in [1.29, 1.82) is 0 Å². The van der Waals surface area contributed by atoms with Crippen molar-refractivity contribution in [3.63, 3.8) is 0 Å². The average molecular weight is 337 g/mol. The van der Waals surface area contributed by atoms with Crippen LogP contribution in [0.3, 0.4) is 0 Å². The van der Waals surface area contributed by atoms with Crippen LogP contribution < -0.4 is 5.73 Å². The van der Waals surface area contributed by atoms with Crippen molar-refractivity contribution in [2.75, 3.05) is 5.73 Å². The van der Waals surface area contributed by atoms with Gasteiger partial charge in [0.2, 0.25) is 5.91 Å². The predicted molar refractivity (Wildman–Crippen MR) is 86.4 cm³/mol. The molecular formula is C16H18ClFN4O. The number of anilines is 1. The van der Waals surface area contributed by atoms with Gasteiger partial charge in [0.05, 0.1) is 12.2 Å². The number of amides is 1. The summed E-state index contributed by atoms with van der Waals surface area (Å²) in [6.07, 6.45) is 1.84. The van der Waals surface area contributed by atoms with E-state index < -0.39 is 5.82 Å². The molecule has 0 atom stereocenters. The molecule has 1 heterocycles. The molecule has 2 aromatic rings. The fraction of sp³-hybridized carbons (Fsp3) is 0.375. The summed E-state index contributed by atoms with van der Waals surface area (Å²) in [4.78, 5) is 14.3. The van der Waals surface area contributed by atoms with Crippen LogP contribution in [-0.4, -0.2) is 26.6 Å². The number of nitrogens with zero attached hydrogens (tertiary/aromatic N) is 3. The zero-order valence-electron chi connectivity index (χ0n) is 12.8. The number of rotatable bonds is 5. The van der Waals surface area contributed by atoms with Gasteiger partial charge in [-0.2, -0.15) is 5.10 Å². The maximum Gasteiger partial charge on any atom is 0.244 e. The smallest absolute Gasteiger partial charge is 0.244 e. The van der Waals surface area contributed by atoms with Crippen molar-refractivity contribution in [2.45, 2.75) is 38.9 Å². The van der Waals surface area contributed by atoms with Crippen LogP contribution in [0.2, 0.25) is 5.02 Å². The number of halogens is 2. The Balaban J connectivity index is 1.79. The van der Waals surface area contributed by atoms with E-state index in [4.69, 9.17) is 17.3 Å². The monoisotopic (exact) mass is 336 g/mol. The molecule has 1 aromatic carbocycles. The lowest BCUT2D eigenvalue weighted by molar-refractivity contribution is -0.133. The Kier molecular flexibility index (Phi) is 4.26. The molecule has 0 spiro atoms. The summed E-state index contributed by atoms with van der Waals surface area (Å²) in [7, 11) is 0. The zero-order chi connectivity index (χ0) is 16.6. The molecule has 0 saturated heterocycles. The van der Waals surface area contributed by atoms with Crippen molar-refractivity contribution < 1.29 is 9.18 Å². The van der Waals surface area contributed by atoms with Crippen LogP contribution in [0.4, 0.5) is 10.2 Å². The van der Waals surface area contributed by atoms with E-state index in [9.17, 15) is 9.18 Å². The third-order valence-electron chi connectivity index (χ3n) is 3.92. The Hall–Kier alpha value is -2.08. The molecule has 0 bridgehead atoms. The minimum Gasteiger partial charge on any atom is -0.384 e. The van der Waals surface area contributed by atoms with E-state index >= 15 is 0 Å². The number of aromatic nitrogens is 2. The summed E-state index contributed by atoms with van der Waals surface area (Å²) in [6.45, 7) is 2.02. The lowest BCUT2D eigenvalue weighted by atomic mass is 10.2. The molecule has 1 fully saturated rings. The van der Waals surface area contributed by atoms with Gasteiger partial charge in [0.25, 0.3) is 0 Å². The van der Waals surface area contributed by atoms with E-state index in [0.717, 1.165) is 18.5 Å². The molecule has 3 rings (SSSR count). The van der Waals surface area contributed by atoms with Gasteiger partial charge in [-0.25, -0.2) is 9.07 Å². The average Bonchev–Trinajstić information content (AvgIpc) is 3.25. The Bertz CT molecular complexity index is 721. The standard InChI is InChI=1S/C16H18ClFN4O/c1-10-7-15(19)22(20-10)9-16(23)21(11-5-6-11)8-12-13(17)3-2-4-14(12)18/h2-4,7,11H,5-6,8-9,19H2,1H3. The Morgan fingerprint density at radius 2 is 2.26 bits per heavy atom. The van der Waals surface area contributed by atoms with E-state index in [1.54, 1.807) is 23.1 Å². The third kappa shape index (κ3) is 3.47. The first kappa shape index (κ1) is 15.8. The summed E-state index contributed by atoms with van der Waals surface area (Å²) in [5.74, 6) is -0.0949. The molecule has 23 heavy (non-hydrogen) atoms. The summed E-state index contributed by atoms with van der Waals surface area (Å²) >= 11 is 6.08. The van der Waals surface area contributed by atoms with Gasteiger partial charge in [-0.3, -0.25) is 4.79 Å². The van der Waals surface area contributed by atoms with Crippen LogP contribution in [0.25, 0.3) is 0 Å². The number of hydrogen-bond acceptors (Lipinski definition) is 3. The highest BCUT2D eigenvalue weighted by atomic mass is 35.5. The summed E-state index contributed by atoms with van der Waals surface area (Å²) in [6, 6.07) is 6.38. The number of hydrogen-bond donors (Lipinski definition) is 1. The maximum absolute atomic E-state index is 14.0. The SMILES string of the molecule is Cc1cc(N)n(CC(=O)N(Cc2c(F)cccc2Cl)C2CC2)n1. The van der Waals surface area contributed by atoms with E-state index in [1.807, 2.05) is 6.92 Å². The number of carbonyl (C=O) groups is 1. The largest absolute Gasteiger partial charge is 0.384 e. The summed E-state index contributed by atoms with van der Waals surface area (Å²) in [5, 5.41) is 4.53. The summed E-state index contributed by atoms with van der Waals surface area (Å²) in [5.41, 5.74) is 6.93. The molecule has 1 amide bonds. The van der Waals surface area contributed by atoms with Crippen molar-refractivity contribution in [1.82, 2.24) is 14.7 Å². The summed E-state index contributed by atoms with van der Waals surface area (Å²) < 4.78 is 15.5. The highest BCUT2D eigenvalue weighted by molar-refractivity contribution is 6.31. The molecule has 2 N–H and O–H groups in total. The van der Waals surface area contributed by atoms with Gasteiger partial charge < -0.3 is 10.6 Å². The van der Waals surface area contributed by atoms with E-state index in [1.165, 1.54) is 10.7 Å². The Morgan fingerprint density at radius 1 is 1.52 bits per heavy atom. The molecular weight excluding hydrogens is 319 g/mol. The number of carbonyl (C=O) groups excluding carboxylic acids is 1. The van der Waals surface area contributed by atoms with Crippen LogP contribution in [0, 0.1) is 12.7 Å². The molecule has 5 nitrogen and oxygen atoms in total. The molecule has 7 heteroatoms. The van der Waals surface area contributed by atoms with Crippen molar-refractivity contribution in [2.24, 2.45) is 0 Å². The lowest BCUT2D eigenvalue weighted by Crippen LogP contribution is -2.36. The van der Waals surface area contributed by atoms with Gasteiger partial charge in [-0.15, -0.1) is 0 Å².